The number of thioether (sulfide) groups is 1. The Morgan fingerprint density at radius 3 is 2.75 bits per heavy atom. The summed E-state index contributed by atoms with van der Waals surface area (Å²) in [6.07, 6.45) is 0. The number of nitrogens with zero attached hydrogens (tertiary/aromatic N) is 2. The van der Waals surface area contributed by atoms with E-state index in [9.17, 15) is 4.79 Å². The minimum atomic E-state index is -0.311. The Hall–Kier alpha value is -1.98. The molecule has 1 heterocycles. The highest BCUT2D eigenvalue weighted by atomic mass is 35.5. The van der Waals surface area contributed by atoms with Gasteiger partial charge in [-0.3, -0.25) is 4.79 Å². The second kappa shape index (κ2) is 7.28. The first-order valence-corrected chi connectivity index (χ1v) is 8.93. The Morgan fingerprint density at radius 1 is 1.29 bits per heavy atom. The molecule has 1 atom stereocenters. The van der Waals surface area contributed by atoms with Gasteiger partial charge >= 0.3 is 0 Å². The van der Waals surface area contributed by atoms with Gasteiger partial charge in [-0.05, 0) is 44.2 Å². The lowest BCUT2D eigenvalue weighted by Gasteiger charge is -2.23. The van der Waals surface area contributed by atoms with Gasteiger partial charge in [0.25, 0.3) is 5.22 Å². The van der Waals surface area contributed by atoms with E-state index >= 15 is 0 Å². The van der Waals surface area contributed by atoms with Crippen LogP contribution in [0.15, 0.2) is 58.2 Å². The molecule has 6 heteroatoms. The molecule has 1 aromatic heterocycles. The summed E-state index contributed by atoms with van der Waals surface area (Å²) >= 11 is 7.27. The van der Waals surface area contributed by atoms with E-state index in [0.717, 1.165) is 5.69 Å². The van der Waals surface area contributed by atoms with Crippen LogP contribution in [-0.4, -0.2) is 22.7 Å². The van der Waals surface area contributed by atoms with Gasteiger partial charge in [0.1, 0.15) is 5.52 Å². The molecule has 3 rings (SSSR count). The van der Waals surface area contributed by atoms with Gasteiger partial charge < -0.3 is 9.32 Å². The van der Waals surface area contributed by atoms with Crippen LogP contribution in [0.1, 0.15) is 13.8 Å². The number of amides is 1. The average Bonchev–Trinajstić information content (AvgIpc) is 2.97. The zero-order valence-electron chi connectivity index (χ0n) is 13.4. The number of fused-ring (bicyclic) bond motifs is 1. The van der Waals surface area contributed by atoms with Crippen LogP contribution in [0.25, 0.3) is 11.1 Å². The number of anilines is 1. The Balaban J connectivity index is 1.77. The monoisotopic (exact) mass is 360 g/mol. The topological polar surface area (TPSA) is 46.3 Å². The van der Waals surface area contributed by atoms with E-state index < -0.39 is 0 Å². The van der Waals surface area contributed by atoms with Crippen molar-refractivity contribution in [2.45, 2.75) is 24.3 Å². The van der Waals surface area contributed by atoms with Gasteiger partial charge in [-0.25, -0.2) is 4.98 Å². The molecule has 0 bridgehead atoms. The summed E-state index contributed by atoms with van der Waals surface area (Å²) in [4.78, 5) is 18.9. The first kappa shape index (κ1) is 16.9. The van der Waals surface area contributed by atoms with Gasteiger partial charge in [0.15, 0.2) is 5.58 Å². The van der Waals surface area contributed by atoms with Gasteiger partial charge in [-0.15, -0.1) is 0 Å². The molecule has 2 aromatic carbocycles. The molecule has 0 spiro atoms. The van der Waals surface area contributed by atoms with Crippen LogP contribution in [0.2, 0.25) is 5.02 Å². The van der Waals surface area contributed by atoms with E-state index in [0.29, 0.717) is 27.9 Å². The highest BCUT2D eigenvalue weighted by Crippen LogP contribution is 2.29. The van der Waals surface area contributed by atoms with Gasteiger partial charge in [-0.1, -0.05) is 41.6 Å². The van der Waals surface area contributed by atoms with Crippen molar-refractivity contribution in [2.75, 3.05) is 11.4 Å². The molecule has 3 aromatic rings. The molecule has 1 amide bonds. The van der Waals surface area contributed by atoms with Crippen LogP contribution >= 0.6 is 23.4 Å². The number of hydrogen-bond donors (Lipinski definition) is 0. The molecule has 0 saturated carbocycles. The molecule has 0 radical (unpaired) electrons. The normalized spacial score (nSPS) is 12.3. The quantitative estimate of drug-likeness (QED) is 0.600. The summed E-state index contributed by atoms with van der Waals surface area (Å²) in [5.41, 5.74) is 2.25. The number of oxazole rings is 1. The van der Waals surface area contributed by atoms with E-state index in [1.165, 1.54) is 11.8 Å². The number of hydrogen-bond acceptors (Lipinski definition) is 4. The van der Waals surface area contributed by atoms with E-state index in [2.05, 4.69) is 4.98 Å². The van der Waals surface area contributed by atoms with Crippen molar-refractivity contribution in [1.29, 1.82) is 0 Å². The van der Waals surface area contributed by atoms with Crippen molar-refractivity contribution in [3.8, 4) is 0 Å². The van der Waals surface area contributed by atoms with Crippen LogP contribution in [0.5, 0.6) is 0 Å². The largest absolute Gasteiger partial charge is 0.431 e. The maximum absolute atomic E-state index is 12.8. The summed E-state index contributed by atoms with van der Waals surface area (Å²) < 4.78 is 5.69. The van der Waals surface area contributed by atoms with Crippen LogP contribution < -0.4 is 4.90 Å². The fraction of sp³-hybridized carbons (Fsp3) is 0.222. The van der Waals surface area contributed by atoms with Crippen molar-refractivity contribution in [1.82, 2.24) is 4.98 Å². The van der Waals surface area contributed by atoms with Crippen LogP contribution in [0.3, 0.4) is 0 Å². The molecule has 1 unspecified atom stereocenters. The number of aromatic nitrogens is 1. The zero-order valence-corrected chi connectivity index (χ0v) is 15.0. The minimum absolute atomic E-state index is 0.0222. The Bertz CT molecular complexity index is 851. The number of benzene rings is 2. The number of para-hydroxylation sites is 1. The molecule has 0 aliphatic heterocycles. The number of carbonyl (C=O) groups excluding carboxylic acids is 1. The average molecular weight is 361 g/mol. The Kier molecular flexibility index (Phi) is 5.11. The van der Waals surface area contributed by atoms with Gasteiger partial charge in [-0.2, -0.15) is 0 Å². The maximum Gasteiger partial charge on any atom is 0.257 e. The third kappa shape index (κ3) is 3.57. The Morgan fingerprint density at radius 2 is 2.04 bits per heavy atom. The predicted molar refractivity (Wildman–Crippen MR) is 98.8 cm³/mol. The SMILES string of the molecule is CCN(C(=O)C(C)Sc1nc2cc(Cl)ccc2o1)c1ccccc1. The summed E-state index contributed by atoms with van der Waals surface area (Å²) in [6.45, 7) is 4.43. The zero-order chi connectivity index (χ0) is 17.1. The molecule has 0 aliphatic carbocycles. The molecule has 124 valence electrons. The molecule has 0 fully saturated rings. The fourth-order valence-electron chi connectivity index (χ4n) is 2.42. The van der Waals surface area contributed by atoms with E-state index in [4.69, 9.17) is 16.0 Å². The first-order chi connectivity index (χ1) is 11.6. The highest BCUT2D eigenvalue weighted by molar-refractivity contribution is 8.00. The van der Waals surface area contributed by atoms with Crippen molar-refractivity contribution >= 4 is 46.1 Å². The lowest BCUT2D eigenvalue weighted by molar-refractivity contribution is -0.117. The lowest BCUT2D eigenvalue weighted by Crippen LogP contribution is -2.36. The summed E-state index contributed by atoms with van der Waals surface area (Å²) in [7, 11) is 0. The van der Waals surface area contributed by atoms with E-state index in [-0.39, 0.29) is 11.2 Å². The smallest absolute Gasteiger partial charge is 0.257 e. The molecular formula is C18H17ClN2O2S. The van der Waals surface area contributed by atoms with Crippen LogP contribution in [0.4, 0.5) is 5.69 Å². The molecular weight excluding hydrogens is 344 g/mol. The van der Waals surface area contributed by atoms with Gasteiger partial charge in [0.05, 0.1) is 5.25 Å². The highest BCUT2D eigenvalue weighted by Gasteiger charge is 2.23. The summed E-state index contributed by atoms with van der Waals surface area (Å²) in [6, 6.07) is 14.9. The molecule has 4 nitrogen and oxygen atoms in total. The maximum atomic E-state index is 12.8. The standard InChI is InChI=1S/C18H17ClN2O2S/c1-3-21(14-7-5-4-6-8-14)17(22)12(2)24-18-20-15-11-13(19)9-10-16(15)23-18/h4-12H,3H2,1-2H3. The van der Waals surface area contributed by atoms with Crippen LogP contribution in [0, 0.1) is 0 Å². The third-order valence-corrected chi connectivity index (χ3v) is 4.77. The lowest BCUT2D eigenvalue weighted by atomic mass is 10.2. The second-order valence-electron chi connectivity index (χ2n) is 5.27. The fourth-order valence-corrected chi connectivity index (χ4v) is 3.41. The van der Waals surface area contributed by atoms with Crippen molar-refractivity contribution < 1.29 is 9.21 Å². The number of halogens is 1. The summed E-state index contributed by atoms with van der Waals surface area (Å²) in [5.74, 6) is 0.0222. The number of rotatable bonds is 5. The predicted octanol–water partition coefficient (Wildman–Crippen LogP) is 5.01. The van der Waals surface area contributed by atoms with Crippen LogP contribution in [-0.2, 0) is 4.79 Å². The van der Waals surface area contributed by atoms with Crippen molar-refractivity contribution in [3.05, 3.63) is 53.6 Å². The van der Waals surface area contributed by atoms with Crippen molar-refractivity contribution in [2.24, 2.45) is 0 Å². The van der Waals surface area contributed by atoms with Crippen molar-refractivity contribution in [3.63, 3.8) is 0 Å². The molecule has 0 N–H and O–H groups in total. The molecule has 24 heavy (non-hydrogen) atoms. The van der Waals surface area contributed by atoms with Gasteiger partial charge in [0, 0.05) is 17.3 Å². The second-order valence-corrected chi connectivity index (χ2v) is 7.00. The molecule has 0 aliphatic rings. The minimum Gasteiger partial charge on any atom is -0.431 e. The van der Waals surface area contributed by atoms with E-state index in [1.807, 2.05) is 44.2 Å². The van der Waals surface area contributed by atoms with E-state index in [1.54, 1.807) is 23.1 Å². The van der Waals surface area contributed by atoms with Gasteiger partial charge in [0.2, 0.25) is 5.91 Å². The molecule has 0 saturated heterocycles. The summed E-state index contributed by atoms with van der Waals surface area (Å²) in [5, 5.41) is 0.767. The Labute approximate surface area is 149 Å². The first-order valence-electron chi connectivity index (χ1n) is 7.67. The third-order valence-electron chi connectivity index (χ3n) is 3.61. The number of carbonyl (C=O) groups is 1.